The highest BCUT2D eigenvalue weighted by atomic mass is 35.5. The summed E-state index contributed by atoms with van der Waals surface area (Å²) >= 11 is 6.09. The van der Waals surface area contributed by atoms with E-state index < -0.39 is 0 Å². The number of nitriles is 1. The van der Waals surface area contributed by atoms with Crippen molar-refractivity contribution in [2.24, 2.45) is 0 Å². The lowest BCUT2D eigenvalue weighted by atomic mass is 9.85. The van der Waals surface area contributed by atoms with Crippen LogP contribution in [0.1, 0.15) is 64.8 Å². The van der Waals surface area contributed by atoms with E-state index in [1.807, 2.05) is 25.1 Å². The molecule has 4 rings (SSSR count). The van der Waals surface area contributed by atoms with Crippen LogP contribution in [0.4, 0.5) is 5.82 Å². The Labute approximate surface area is 201 Å². The number of rotatable bonds is 4. The van der Waals surface area contributed by atoms with Crippen molar-refractivity contribution < 1.29 is 4.74 Å². The fourth-order valence-corrected chi connectivity index (χ4v) is 5.01. The number of nitrogens with two attached hydrogens (primary N) is 1. The van der Waals surface area contributed by atoms with Crippen LogP contribution in [-0.2, 0) is 19.4 Å². The predicted molar refractivity (Wildman–Crippen MR) is 135 cm³/mol. The summed E-state index contributed by atoms with van der Waals surface area (Å²) in [5.74, 6) is 1.15. The van der Waals surface area contributed by atoms with E-state index in [4.69, 9.17) is 22.1 Å². The second kappa shape index (κ2) is 9.85. The molecule has 170 valence electrons. The largest absolute Gasteiger partial charge is 0.489 e. The molecule has 3 aromatic rings. The molecule has 0 saturated carbocycles. The maximum atomic E-state index is 10.0. The van der Waals surface area contributed by atoms with Gasteiger partial charge in [-0.05, 0) is 104 Å². The average molecular weight is 460 g/mol. The number of ether oxygens (including phenoxy) is 1. The van der Waals surface area contributed by atoms with E-state index >= 15 is 0 Å². The molecule has 0 saturated heterocycles. The van der Waals surface area contributed by atoms with Crippen LogP contribution in [0.3, 0.4) is 0 Å². The van der Waals surface area contributed by atoms with Crippen LogP contribution in [0.15, 0.2) is 30.3 Å². The van der Waals surface area contributed by atoms with Gasteiger partial charge < -0.3 is 10.5 Å². The third kappa shape index (κ3) is 4.84. The first-order valence-corrected chi connectivity index (χ1v) is 12.0. The van der Waals surface area contributed by atoms with Crippen LogP contribution >= 0.6 is 11.6 Å². The highest BCUT2D eigenvalue weighted by molar-refractivity contribution is 6.30. The number of aromatic nitrogens is 1. The van der Waals surface area contributed by atoms with E-state index in [1.54, 1.807) is 0 Å². The maximum Gasteiger partial charge on any atom is 0.142 e. The number of nitrogens with zero attached hydrogens (tertiary/aromatic N) is 2. The van der Waals surface area contributed by atoms with Crippen molar-refractivity contribution in [3.8, 4) is 22.9 Å². The molecule has 0 spiro atoms. The van der Waals surface area contributed by atoms with E-state index in [0.717, 1.165) is 70.5 Å². The minimum absolute atomic E-state index is 0.335. The molecule has 5 heteroatoms. The summed E-state index contributed by atoms with van der Waals surface area (Å²) in [5.41, 5.74) is 15.4. The van der Waals surface area contributed by atoms with Gasteiger partial charge >= 0.3 is 0 Å². The maximum absolute atomic E-state index is 10.0. The van der Waals surface area contributed by atoms with Gasteiger partial charge in [0, 0.05) is 16.3 Å². The van der Waals surface area contributed by atoms with Crippen LogP contribution in [0.2, 0.25) is 5.02 Å². The van der Waals surface area contributed by atoms with Crippen molar-refractivity contribution in [3.05, 3.63) is 74.4 Å². The molecule has 0 fully saturated rings. The number of pyridine rings is 1. The molecule has 2 N–H and O–H groups in total. The number of nitrogen functional groups attached to an aromatic ring is 1. The summed E-state index contributed by atoms with van der Waals surface area (Å²) in [6.45, 7) is 6.63. The lowest BCUT2D eigenvalue weighted by Gasteiger charge is -2.22. The van der Waals surface area contributed by atoms with Crippen molar-refractivity contribution >= 4 is 17.4 Å². The Morgan fingerprint density at radius 1 is 1.00 bits per heavy atom. The third-order valence-corrected chi connectivity index (χ3v) is 6.82. The number of fused-ring (bicyclic) bond motifs is 1. The molecule has 33 heavy (non-hydrogen) atoms. The van der Waals surface area contributed by atoms with Crippen molar-refractivity contribution in [2.45, 2.75) is 65.9 Å². The number of hydrogen-bond acceptors (Lipinski definition) is 4. The monoisotopic (exact) mass is 459 g/mol. The van der Waals surface area contributed by atoms with Crippen molar-refractivity contribution in [1.29, 1.82) is 5.26 Å². The molecule has 0 aliphatic heterocycles. The normalized spacial score (nSPS) is 13.5. The van der Waals surface area contributed by atoms with Crippen LogP contribution < -0.4 is 10.5 Å². The van der Waals surface area contributed by atoms with E-state index in [1.165, 1.54) is 18.4 Å². The van der Waals surface area contributed by atoms with E-state index in [9.17, 15) is 5.26 Å². The van der Waals surface area contributed by atoms with E-state index in [-0.39, 0.29) is 0 Å². The first-order valence-electron chi connectivity index (χ1n) is 11.6. The van der Waals surface area contributed by atoms with Gasteiger partial charge in [0.1, 0.15) is 29.8 Å². The quantitative estimate of drug-likeness (QED) is 0.455. The van der Waals surface area contributed by atoms with Gasteiger partial charge in [-0.25, -0.2) is 4.98 Å². The van der Waals surface area contributed by atoms with Gasteiger partial charge in [-0.2, -0.15) is 5.26 Å². The fraction of sp³-hybridized carbons (Fsp3) is 0.357. The van der Waals surface area contributed by atoms with Gasteiger partial charge in [0.15, 0.2) is 0 Å². The predicted octanol–water partition coefficient (Wildman–Crippen LogP) is 7.02. The molecule has 1 aliphatic rings. The topological polar surface area (TPSA) is 71.9 Å². The number of halogens is 1. The summed E-state index contributed by atoms with van der Waals surface area (Å²) in [7, 11) is 0. The molecule has 1 aliphatic carbocycles. The van der Waals surface area contributed by atoms with Crippen molar-refractivity contribution in [3.63, 3.8) is 0 Å². The highest BCUT2D eigenvalue weighted by Crippen LogP contribution is 2.38. The van der Waals surface area contributed by atoms with Gasteiger partial charge in [-0.15, -0.1) is 0 Å². The number of hydrogen-bond donors (Lipinski definition) is 1. The number of anilines is 1. The molecule has 0 unspecified atom stereocenters. The second-order valence-electron chi connectivity index (χ2n) is 8.99. The summed E-state index contributed by atoms with van der Waals surface area (Å²) in [6, 6.07) is 12.3. The summed E-state index contributed by atoms with van der Waals surface area (Å²) in [5, 5.41) is 10.7. The molecule has 4 nitrogen and oxygen atoms in total. The summed E-state index contributed by atoms with van der Waals surface area (Å²) in [6.07, 6.45) is 6.47. The Kier molecular flexibility index (Phi) is 6.91. The lowest BCUT2D eigenvalue weighted by Crippen LogP contribution is -2.11. The fourth-order valence-electron chi connectivity index (χ4n) is 4.78. The zero-order valence-electron chi connectivity index (χ0n) is 19.6. The molecule has 0 radical (unpaired) electrons. The molecule has 0 atom stereocenters. The molecular formula is C28H30ClN3O. The average Bonchev–Trinajstić information content (AvgIpc) is 2.75. The zero-order chi connectivity index (χ0) is 23.5. The Balaban J connectivity index is 1.80. The van der Waals surface area contributed by atoms with E-state index in [2.05, 4.69) is 37.0 Å². The number of aryl methyl sites for hydroxylation is 4. The SMILES string of the molecule is Cc1cc(C)c(-c2c(C#N)c(N)nc3c2CCCCCC3)cc1COc1ccc(Cl)cc1C. The molecule has 0 bridgehead atoms. The molecule has 1 heterocycles. The van der Waals surface area contributed by atoms with Gasteiger partial charge in [-0.3, -0.25) is 0 Å². The number of benzene rings is 2. The smallest absolute Gasteiger partial charge is 0.142 e. The third-order valence-electron chi connectivity index (χ3n) is 6.59. The van der Waals surface area contributed by atoms with E-state index in [0.29, 0.717) is 23.0 Å². The van der Waals surface area contributed by atoms with Crippen LogP contribution in [0.5, 0.6) is 5.75 Å². The Hall–Kier alpha value is -3.03. The van der Waals surface area contributed by atoms with Crippen LogP contribution in [0.25, 0.3) is 11.1 Å². The van der Waals surface area contributed by atoms with Crippen LogP contribution in [-0.4, -0.2) is 4.98 Å². The van der Waals surface area contributed by atoms with Crippen molar-refractivity contribution in [2.75, 3.05) is 5.73 Å². The standard InChI is InChI=1S/C28H30ClN3O/c1-17-12-18(2)23(14-20(17)16-33-26-11-10-21(29)13-19(26)3)27-22-8-6-4-5-7-9-25(22)32-28(31)24(27)15-30/h10-14H,4-9,16H2,1-3H3,(H2,31,32). The minimum Gasteiger partial charge on any atom is -0.489 e. The highest BCUT2D eigenvalue weighted by Gasteiger charge is 2.22. The second-order valence-corrected chi connectivity index (χ2v) is 9.43. The lowest BCUT2D eigenvalue weighted by molar-refractivity contribution is 0.303. The Morgan fingerprint density at radius 2 is 1.76 bits per heavy atom. The first-order chi connectivity index (χ1) is 15.9. The Morgan fingerprint density at radius 3 is 2.48 bits per heavy atom. The molecule has 1 aromatic heterocycles. The van der Waals surface area contributed by atoms with Gasteiger partial charge in [0.2, 0.25) is 0 Å². The zero-order valence-corrected chi connectivity index (χ0v) is 20.4. The van der Waals surface area contributed by atoms with Gasteiger partial charge in [0.05, 0.1) is 0 Å². The van der Waals surface area contributed by atoms with Gasteiger partial charge in [0.25, 0.3) is 0 Å². The molecule has 2 aromatic carbocycles. The Bertz CT molecular complexity index is 1240. The molecule has 0 amide bonds. The van der Waals surface area contributed by atoms with Crippen molar-refractivity contribution in [1.82, 2.24) is 4.98 Å². The summed E-state index contributed by atoms with van der Waals surface area (Å²) < 4.78 is 6.16. The minimum atomic E-state index is 0.335. The van der Waals surface area contributed by atoms with Crippen LogP contribution in [0, 0.1) is 32.1 Å². The summed E-state index contributed by atoms with van der Waals surface area (Å²) in [4.78, 5) is 4.65. The first kappa shape index (κ1) is 23.1. The molecular weight excluding hydrogens is 430 g/mol. The van der Waals surface area contributed by atoms with Gasteiger partial charge in [-0.1, -0.05) is 30.5 Å².